The number of nitrogens with zero attached hydrogens (tertiary/aromatic N) is 1. The van der Waals surface area contributed by atoms with Gasteiger partial charge in [-0.2, -0.15) is 0 Å². The van der Waals surface area contributed by atoms with Crippen LogP contribution in [-0.4, -0.2) is 23.7 Å². The van der Waals surface area contributed by atoms with Crippen LogP contribution in [0.3, 0.4) is 0 Å². The summed E-state index contributed by atoms with van der Waals surface area (Å²) in [4.78, 5) is 10.9. The molecule has 1 N–H and O–H groups in total. The highest BCUT2D eigenvalue weighted by Crippen LogP contribution is 2.40. The van der Waals surface area contributed by atoms with Crippen molar-refractivity contribution >= 4 is 10.8 Å². The fourth-order valence-electron chi connectivity index (χ4n) is 3.10. The van der Waals surface area contributed by atoms with Gasteiger partial charge < -0.3 is 9.84 Å². The van der Waals surface area contributed by atoms with Crippen LogP contribution in [0.2, 0.25) is 0 Å². The minimum Gasteiger partial charge on any atom is -0.508 e. The third kappa shape index (κ3) is 2.88. The fourth-order valence-corrected chi connectivity index (χ4v) is 3.10. The quantitative estimate of drug-likeness (QED) is 0.570. The monoisotopic (exact) mass is 323 g/mol. The Labute approximate surface area is 139 Å². The van der Waals surface area contributed by atoms with Gasteiger partial charge in [0.1, 0.15) is 11.5 Å². The summed E-state index contributed by atoms with van der Waals surface area (Å²) in [5.74, 6) is 0.00499. The van der Waals surface area contributed by atoms with Crippen LogP contribution in [0.25, 0.3) is 10.8 Å². The molecule has 0 spiro atoms. The maximum atomic E-state index is 11.3. The molecular weight excluding hydrogens is 306 g/mol. The number of fused-ring (bicyclic) bond motifs is 1. The van der Waals surface area contributed by atoms with Gasteiger partial charge in [0.15, 0.2) is 0 Å². The van der Waals surface area contributed by atoms with Crippen molar-refractivity contribution in [3.63, 3.8) is 0 Å². The Hall–Kier alpha value is -3.08. The zero-order chi connectivity index (χ0) is 17.1. The second-order valence-electron chi connectivity index (χ2n) is 5.53. The molecule has 1 unspecified atom stereocenters. The van der Waals surface area contributed by atoms with E-state index in [9.17, 15) is 15.2 Å². The number of rotatable bonds is 5. The molecule has 3 aromatic rings. The summed E-state index contributed by atoms with van der Waals surface area (Å²) in [6, 6.07) is 18.1. The molecule has 3 rings (SSSR count). The number of ether oxygens (including phenoxy) is 1. The predicted octanol–water partition coefficient (Wildman–Crippen LogP) is 3.96. The molecule has 0 aliphatic rings. The van der Waals surface area contributed by atoms with Gasteiger partial charge in [-0.3, -0.25) is 10.1 Å². The smallest absolute Gasteiger partial charge is 0.215 e. The highest BCUT2D eigenvalue weighted by molar-refractivity contribution is 5.88. The molecule has 0 saturated carbocycles. The summed E-state index contributed by atoms with van der Waals surface area (Å²) in [5.41, 5.74) is 1.23. The van der Waals surface area contributed by atoms with Gasteiger partial charge in [0.2, 0.25) is 6.54 Å². The van der Waals surface area contributed by atoms with Crippen LogP contribution >= 0.6 is 0 Å². The topological polar surface area (TPSA) is 72.6 Å². The number of hydrogen-bond acceptors (Lipinski definition) is 4. The van der Waals surface area contributed by atoms with Crippen LogP contribution < -0.4 is 4.74 Å². The van der Waals surface area contributed by atoms with E-state index in [-0.39, 0.29) is 17.2 Å². The number of benzene rings is 3. The first-order chi connectivity index (χ1) is 11.6. The molecule has 5 nitrogen and oxygen atoms in total. The van der Waals surface area contributed by atoms with Crippen molar-refractivity contribution in [2.75, 3.05) is 13.7 Å². The number of phenolic OH excluding ortho intramolecular Hbond substituents is 1. The molecule has 0 radical (unpaired) electrons. The highest BCUT2D eigenvalue weighted by atomic mass is 16.6. The Morgan fingerprint density at radius 1 is 1.08 bits per heavy atom. The van der Waals surface area contributed by atoms with Crippen LogP contribution in [0.15, 0.2) is 60.7 Å². The van der Waals surface area contributed by atoms with E-state index in [0.29, 0.717) is 16.9 Å². The van der Waals surface area contributed by atoms with Crippen LogP contribution in [-0.2, 0) is 0 Å². The van der Waals surface area contributed by atoms with Gasteiger partial charge in [0, 0.05) is 16.1 Å². The number of phenols is 1. The molecule has 5 heteroatoms. The summed E-state index contributed by atoms with van der Waals surface area (Å²) in [6.45, 7) is -0.331. The van der Waals surface area contributed by atoms with Crippen molar-refractivity contribution in [1.29, 1.82) is 0 Å². The van der Waals surface area contributed by atoms with Crippen LogP contribution in [0.1, 0.15) is 17.0 Å². The summed E-state index contributed by atoms with van der Waals surface area (Å²) >= 11 is 0. The fraction of sp³-hybridized carbons (Fsp3) is 0.158. The molecule has 0 saturated heterocycles. The molecule has 0 heterocycles. The van der Waals surface area contributed by atoms with Gasteiger partial charge in [0.05, 0.1) is 13.0 Å². The summed E-state index contributed by atoms with van der Waals surface area (Å²) < 4.78 is 5.38. The maximum Gasteiger partial charge on any atom is 0.215 e. The van der Waals surface area contributed by atoms with E-state index in [1.807, 2.05) is 36.4 Å². The lowest BCUT2D eigenvalue weighted by atomic mass is 9.86. The standard InChI is InChI=1S/C19H17NO4/c1-24-18-9-5-4-8-15(18)16(12-20(22)23)19-14-7-3-2-6-13(14)10-11-17(19)21/h2-11,16,21H,12H2,1H3. The van der Waals surface area contributed by atoms with E-state index in [1.165, 1.54) is 7.11 Å². The molecule has 0 amide bonds. The average Bonchev–Trinajstić information content (AvgIpc) is 2.60. The number of aromatic hydroxyl groups is 1. The molecule has 0 aliphatic carbocycles. The van der Waals surface area contributed by atoms with Gasteiger partial charge in [-0.25, -0.2) is 0 Å². The van der Waals surface area contributed by atoms with Crippen molar-refractivity contribution < 1.29 is 14.8 Å². The second kappa shape index (κ2) is 6.58. The second-order valence-corrected chi connectivity index (χ2v) is 5.53. The lowest BCUT2D eigenvalue weighted by Gasteiger charge is -2.20. The third-order valence-corrected chi connectivity index (χ3v) is 4.14. The molecule has 1 atom stereocenters. The molecular formula is C19H17NO4. The first-order valence-electron chi connectivity index (χ1n) is 7.57. The zero-order valence-corrected chi connectivity index (χ0v) is 13.2. The van der Waals surface area contributed by atoms with Gasteiger partial charge in [-0.1, -0.05) is 48.5 Å². The predicted molar refractivity (Wildman–Crippen MR) is 92.3 cm³/mol. The summed E-state index contributed by atoms with van der Waals surface area (Å²) in [6.07, 6.45) is 0. The Balaban J connectivity index is 2.28. The molecule has 0 bridgehead atoms. The Morgan fingerprint density at radius 3 is 2.54 bits per heavy atom. The Bertz CT molecular complexity index is 891. The number of methoxy groups -OCH3 is 1. The van der Waals surface area contributed by atoms with Gasteiger partial charge in [0.25, 0.3) is 0 Å². The average molecular weight is 323 g/mol. The Morgan fingerprint density at radius 2 is 1.79 bits per heavy atom. The van der Waals surface area contributed by atoms with Crippen LogP contribution in [0.5, 0.6) is 11.5 Å². The van der Waals surface area contributed by atoms with Gasteiger partial charge >= 0.3 is 0 Å². The van der Waals surface area contributed by atoms with E-state index >= 15 is 0 Å². The van der Waals surface area contributed by atoms with Crippen molar-refractivity contribution in [1.82, 2.24) is 0 Å². The maximum absolute atomic E-state index is 11.3. The van der Waals surface area contributed by atoms with E-state index in [0.717, 1.165) is 10.8 Å². The van der Waals surface area contributed by atoms with Gasteiger partial charge in [-0.05, 0) is 22.9 Å². The van der Waals surface area contributed by atoms with Crippen molar-refractivity contribution in [3.05, 3.63) is 81.9 Å². The molecule has 0 aliphatic heterocycles. The molecule has 122 valence electrons. The van der Waals surface area contributed by atoms with Crippen LogP contribution in [0, 0.1) is 10.1 Å². The lowest BCUT2D eigenvalue weighted by molar-refractivity contribution is -0.481. The number of nitro groups is 1. The molecule has 0 fully saturated rings. The zero-order valence-electron chi connectivity index (χ0n) is 13.2. The molecule has 0 aromatic heterocycles. The number of hydrogen-bond donors (Lipinski definition) is 1. The van der Waals surface area contributed by atoms with E-state index in [4.69, 9.17) is 4.74 Å². The highest BCUT2D eigenvalue weighted by Gasteiger charge is 2.27. The van der Waals surface area contributed by atoms with Crippen molar-refractivity contribution in [3.8, 4) is 11.5 Å². The minimum atomic E-state index is -0.609. The Kier molecular flexibility index (Phi) is 4.33. The first kappa shape index (κ1) is 15.8. The summed E-state index contributed by atoms with van der Waals surface area (Å²) in [5, 5.41) is 23.5. The van der Waals surface area contributed by atoms with Crippen molar-refractivity contribution in [2.45, 2.75) is 5.92 Å². The van der Waals surface area contributed by atoms with Gasteiger partial charge in [-0.15, -0.1) is 0 Å². The first-order valence-corrected chi connectivity index (χ1v) is 7.57. The normalized spacial score (nSPS) is 12.0. The SMILES string of the molecule is COc1ccccc1C(C[N+](=O)[O-])c1c(O)ccc2ccccc12. The van der Waals surface area contributed by atoms with Crippen molar-refractivity contribution in [2.24, 2.45) is 0 Å². The van der Waals surface area contributed by atoms with Crippen LogP contribution in [0.4, 0.5) is 0 Å². The summed E-state index contributed by atoms with van der Waals surface area (Å²) in [7, 11) is 1.53. The van der Waals surface area contributed by atoms with E-state index < -0.39 is 5.92 Å². The molecule has 3 aromatic carbocycles. The van der Waals surface area contributed by atoms with E-state index in [2.05, 4.69) is 0 Å². The minimum absolute atomic E-state index is 0.0476. The number of para-hydroxylation sites is 1. The van der Waals surface area contributed by atoms with E-state index in [1.54, 1.807) is 24.3 Å². The molecule has 24 heavy (non-hydrogen) atoms. The third-order valence-electron chi connectivity index (χ3n) is 4.14. The largest absolute Gasteiger partial charge is 0.508 e. The lowest BCUT2D eigenvalue weighted by Crippen LogP contribution is -2.15.